The van der Waals surface area contributed by atoms with Gasteiger partial charge in [0.05, 0.1) is 10.7 Å². The summed E-state index contributed by atoms with van der Waals surface area (Å²) in [7, 11) is 0. The quantitative estimate of drug-likeness (QED) is 0.779. The van der Waals surface area contributed by atoms with Crippen LogP contribution in [0.5, 0.6) is 0 Å². The first-order valence-electron chi connectivity index (χ1n) is 8.27. The van der Waals surface area contributed by atoms with Crippen molar-refractivity contribution in [2.45, 2.75) is 25.9 Å². The Balaban J connectivity index is 1.60. The molecule has 0 saturated carbocycles. The topological polar surface area (TPSA) is 44.4 Å². The van der Waals surface area contributed by atoms with Gasteiger partial charge in [0.2, 0.25) is 5.91 Å². The van der Waals surface area contributed by atoms with Gasteiger partial charge in [-0.1, -0.05) is 48.0 Å². The minimum absolute atomic E-state index is 0.235. The Labute approximate surface area is 158 Å². The molecule has 1 aliphatic heterocycles. The van der Waals surface area contributed by atoms with Crippen molar-refractivity contribution in [2.75, 3.05) is 11.9 Å². The fraction of sp³-hybridized carbons (Fsp3) is 0.263. The van der Waals surface area contributed by atoms with Crippen LogP contribution in [0.3, 0.4) is 0 Å². The molecular weight excluding hydrogens is 354 g/mol. The van der Waals surface area contributed by atoms with Crippen molar-refractivity contribution >= 4 is 40.5 Å². The molecule has 1 saturated heterocycles. The summed E-state index contributed by atoms with van der Waals surface area (Å²) in [4.78, 5) is 13.8. The molecule has 2 aromatic rings. The number of anilines is 1. The summed E-state index contributed by atoms with van der Waals surface area (Å²) in [5.74, 6) is 0.235. The van der Waals surface area contributed by atoms with E-state index in [4.69, 9.17) is 23.8 Å². The molecule has 0 aromatic heterocycles. The molecule has 0 atom stereocenters. The zero-order valence-electron chi connectivity index (χ0n) is 13.8. The number of hydrogen-bond acceptors (Lipinski definition) is 2. The summed E-state index contributed by atoms with van der Waals surface area (Å²) < 4.78 is 0. The average Bonchev–Trinajstić information content (AvgIpc) is 3.01. The maximum Gasteiger partial charge on any atom is 0.222 e. The molecule has 4 nitrogen and oxygen atoms in total. The van der Waals surface area contributed by atoms with E-state index in [0.29, 0.717) is 29.6 Å². The molecule has 1 fully saturated rings. The number of carbonyl (C=O) groups excluding carboxylic acids is 1. The van der Waals surface area contributed by atoms with Crippen molar-refractivity contribution in [3.05, 3.63) is 64.7 Å². The first-order valence-corrected chi connectivity index (χ1v) is 9.06. The van der Waals surface area contributed by atoms with Crippen molar-refractivity contribution in [1.82, 2.24) is 10.2 Å². The number of nitrogens with one attached hydrogen (secondary N) is 2. The highest BCUT2D eigenvalue weighted by molar-refractivity contribution is 7.80. The second-order valence-electron chi connectivity index (χ2n) is 5.98. The van der Waals surface area contributed by atoms with E-state index in [1.165, 1.54) is 0 Å². The Morgan fingerprint density at radius 3 is 2.56 bits per heavy atom. The zero-order valence-corrected chi connectivity index (χ0v) is 15.4. The van der Waals surface area contributed by atoms with Crippen LogP contribution >= 0.6 is 23.8 Å². The Hall–Kier alpha value is -2.11. The molecule has 3 rings (SSSR count). The van der Waals surface area contributed by atoms with E-state index in [1.807, 2.05) is 41.3 Å². The third-order valence-corrected chi connectivity index (χ3v) is 4.79. The maximum absolute atomic E-state index is 11.9. The minimum Gasteiger partial charge on any atom is -0.358 e. The monoisotopic (exact) mass is 373 g/mol. The van der Waals surface area contributed by atoms with E-state index in [0.717, 1.165) is 29.8 Å². The van der Waals surface area contributed by atoms with Gasteiger partial charge in [-0.2, -0.15) is 0 Å². The SMILES string of the molecule is O=C1CCCN1Cc1ccccc1CNC(=S)Nc1ccccc1Cl. The highest BCUT2D eigenvalue weighted by atomic mass is 35.5. The minimum atomic E-state index is 0.235. The van der Waals surface area contributed by atoms with Crippen LogP contribution in [0.15, 0.2) is 48.5 Å². The summed E-state index contributed by atoms with van der Waals surface area (Å²) in [6.45, 7) is 2.09. The Bertz CT molecular complexity index is 781. The van der Waals surface area contributed by atoms with Crippen molar-refractivity contribution in [3.8, 4) is 0 Å². The summed E-state index contributed by atoms with van der Waals surface area (Å²) >= 11 is 11.5. The third kappa shape index (κ3) is 4.71. The molecule has 2 aromatic carbocycles. The van der Waals surface area contributed by atoms with Gasteiger partial charge >= 0.3 is 0 Å². The van der Waals surface area contributed by atoms with E-state index in [2.05, 4.69) is 22.8 Å². The van der Waals surface area contributed by atoms with Crippen LogP contribution in [0.1, 0.15) is 24.0 Å². The number of halogens is 1. The van der Waals surface area contributed by atoms with Gasteiger partial charge in [0.1, 0.15) is 0 Å². The number of rotatable bonds is 5. The molecular formula is C19H20ClN3OS. The average molecular weight is 374 g/mol. The van der Waals surface area contributed by atoms with Crippen molar-refractivity contribution < 1.29 is 4.79 Å². The van der Waals surface area contributed by atoms with E-state index >= 15 is 0 Å². The summed E-state index contributed by atoms with van der Waals surface area (Å²) in [6.07, 6.45) is 1.61. The number of hydrogen-bond donors (Lipinski definition) is 2. The van der Waals surface area contributed by atoms with Gasteiger partial charge in [-0.15, -0.1) is 0 Å². The molecule has 0 radical (unpaired) electrons. The van der Waals surface area contributed by atoms with Crippen molar-refractivity contribution in [3.63, 3.8) is 0 Å². The van der Waals surface area contributed by atoms with Gasteiger partial charge in [-0.05, 0) is 41.9 Å². The standard InChI is InChI=1S/C19H20ClN3OS/c20-16-8-3-4-9-17(16)22-19(25)21-12-14-6-1-2-7-15(14)13-23-11-5-10-18(23)24/h1-4,6-9H,5,10-13H2,(H2,21,22,25). The molecule has 0 unspecified atom stereocenters. The van der Waals surface area contributed by atoms with Gasteiger partial charge in [-0.25, -0.2) is 0 Å². The summed E-state index contributed by atoms with van der Waals surface area (Å²) in [5.41, 5.74) is 3.05. The molecule has 1 amide bonds. The molecule has 0 aliphatic carbocycles. The Kier molecular flexibility index (Phi) is 5.89. The lowest BCUT2D eigenvalue weighted by Crippen LogP contribution is -2.29. The largest absolute Gasteiger partial charge is 0.358 e. The van der Waals surface area contributed by atoms with Crippen LogP contribution in [-0.4, -0.2) is 22.5 Å². The number of nitrogens with zero attached hydrogens (tertiary/aromatic N) is 1. The fourth-order valence-electron chi connectivity index (χ4n) is 2.87. The van der Waals surface area contributed by atoms with E-state index < -0.39 is 0 Å². The molecule has 1 heterocycles. The molecule has 130 valence electrons. The van der Waals surface area contributed by atoms with Gasteiger partial charge in [-0.3, -0.25) is 4.79 Å². The van der Waals surface area contributed by atoms with Crippen molar-refractivity contribution in [1.29, 1.82) is 0 Å². The van der Waals surface area contributed by atoms with Crippen LogP contribution in [0.2, 0.25) is 5.02 Å². The molecule has 0 bridgehead atoms. The highest BCUT2D eigenvalue weighted by Gasteiger charge is 2.20. The van der Waals surface area contributed by atoms with Gasteiger partial charge < -0.3 is 15.5 Å². The van der Waals surface area contributed by atoms with Gasteiger partial charge in [0, 0.05) is 26.1 Å². The second kappa shape index (κ2) is 8.32. The fourth-order valence-corrected chi connectivity index (χ4v) is 3.23. The number of thiocarbonyl (C=S) groups is 1. The van der Waals surface area contributed by atoms with Gasteiger partial charge in [0.25, 0.3) is 0 Å². The first-order chi connectivity index (χ1) is 12.1. The van der Waals surface area contributed by atoms with Crippen LogP contribution < -0.4 is 10.6 Å². The smallest absolute Gasteiger partial charge is 0.222 e. The predicted octanol–water partition coefficient (Wildman–Crippen LogP) is 3.95. The molecule has 2 N–H and O–H groups in total. The van der Waals surface area contributed by atoms with Crippen LogP contribution in [0.4, 0.5) is 5.69 Å². The van der Waals surface area contributed by atoms with Crippen LogP contribution in [-0.2, 0) is 17.9 Å². The second-order valence-corrected chi connectivity index (χ2v) is 6.79. The first kappa shape index (κ1) is 17.7. The number of amides is 1. The van der Waals surface area contributed by atoms with E-state index in [-0.39, 0.29) is 5.91 Å². The number of benzene rings is 2. The van der Waals surface area contributed by atoms with Crippen LogP contribution in [0.25, 0.3) is 0 Å². The lowest BCUT2D eigenvalue weighted by molar-refractivity contribution is -0.128. The zero-order chi connectivity index (χ0) is 17.6. The lowest BCUT2D eigenvalue weighted by atomic mass is 10.1. The summed E-state index contributed by atoms with van der Waals surface area (Å²) in [5, 5.41) is 7.45. The third-order valence-electron chi connectivity index (χ3n) is 4.21. The number of carbonyl (C=O) groups is 1. The van der Waals surface area contributed by atoms with E-state index in [9.17, 15) is 4.79 Å². The summed E-state index contributed by atoms with van der Waals surface area (Å²) in [6, 6.07) is 15.6. The van der Waals surface area contributed by atoms with Crippen LogP contribution in [0, 0.1) is 0 Å². The van der Waals surface area contributed by atoms with Crippen molar-refractivity contribution in [2.24, 2.45) is 0 Å². The Morgan fingerprint density at radius 2 is 1.84 bits per heavy atom. The molecule has 1 aliphatic rings. The normalized spacial score (nSPS) is 13.8. The van der Waals surface area contributed by atoms with Gasteiger partial charge in [0.15, 0.2) is 5.11 Å². The Morgan fingerprint density at radius 1 is 1.12 bits per heavy atom. The molecule has 6 heteroatoms. The highest BCUT2D eigenvalue weighted by Crippen LogP contribution is 2.20. The molecule has 25 heavy (non-hydrogen) atoms. The maximum atomic E-state index is 11.9. The predicted molar refractivity (Wildman–Crippen MR) is 106 cm³/mol. The number of para-hydroxylation sites is 1. The van der Waals surface area contributed by atoms with E-state index in [1.54, 1.807) is 0 Å². The number of likely N-dealkylation sites (tertiary alicyclic amines) is 1. The molecule has 0 spiro atoms. The lowest BCUT2D eigenvalue weighted by Gasteiger charge is -2.19.